The summed E-state index contributed by atoms with van der Waals surface area (Å²) in [7, 11) is 3.36. The Balaban J connectivity index is 1.78. The molecule has 0 radical (unpaired) electrons. The zero-order valence-electron chi connectivity index (χ0n) is 12.8. The second-order valence-electron chi connectivity index (χ2n) is 5.21. The molecule has 3 nitrogen and oxygen atoms in total. The summed E-state index contributed by atoms with van der Waals surface area (Å²) in [4.78, 5) is 4.60. The van der Waals surface area contributed by atoms with Crippen molar-refractivity contribution in [3.63, 3.8) is 0 Å². The summed E-state index contributed by atoms with van der Waals surface area (Å²) in [6.45, 7) is 0. The molecule has 1 heterocycles. The van der Waals surface area contributed by atoms with E-state index in [-0.39, 0.29) is 6.04 Å². The Labute approximate surface area is 130 Å². The minimum absolute atomic E-state index is 0.160. The standard InChI is InChI=1S/C19H19NO2/c1-21-17-7-3-14(4-8-17)16-11-12-20-19(13-16)15-5-9-18(22-2)10-6-15/h3-12,19H,13H2,1-2H3. The Morgan fingerprint density at radius 3 is 2.05 bits per heavy atom. The highest BCUT2D eigenvalue weighted by atomic mass is 16.5. The molecule has 2 aromatic carbocycles. The van der Waals surface area contributed by atoms with Gasteiger partial charge < -0.3 is 9.47 Å². The molecule has 2 aromatic rings. The number of hydrogen-bond donors (Lipinski definition) is 0. The first kappa shape index (κ1) is 14.4. The molecular formula is C19H19NO2. The van der Waals surface area contributed by atoms with E-state index >= 15 is 0 Å². The van der Waals surface area contributed by atoms with Crippen LogP contribution in [-0.2, 0) is 0 Å². The number of rotatable bonds is 4. The molecule has 1 atom stereocenters. The second-order valence-corrected chi connectivity index (χ2v) is 5.21. The molecule has 0 spiro atoms. The van der Waals surface area contributed by atoms with Crippen LogP contribution in [0, 0.1) is 0 Å². The summed E-state index contributed by atoms with van der Waals surface area (Å²) in [5.74, 6) is 1.75. The number of hydrogen-bond acceptors (Lipinski definition) is 3. The van der Waals surface area contributed by atoms with Gasteiger partial charge in [-0.1, -0.05) is 24.3 Å². The van der Waals surface area contributed by atoms with Gasteiger partial charge >= 0.3 is 0 Å². The molecule has 0 aromatic heterocycles. The third-order valence-electron chi connectivity index (χ3n) is 3.92. The van der Waals surface area contributed by atoms with Gasteiger partial charge in [-0.25, -0.2) is 0 Å². The van der Waals surface area contributed by atoms with Crippen LogP contribution in [0.25, 0.3) is 5.57 Å². The molecule has 1 aliphatic heterocycles. The molecule has 22 heavy (non-hydrogen) atoms. The summed E-state index contributed by atoms with van der Waals surface area (Å²) in [5, 5.41) is 0. The van der Waals surface area contributed by atoms with E-state index in [1.807, 2.05) is 30.5 Å². The Kier molecular flexibility index (Phi) is 4.24. The van der Waals surface area contributed by atoms with Gasteiger partial charge in [0.2, 0.25) is 0 Å². The predicted octanol–water partition coefficient (Wildman–Crippen LogP) is 4.30. The molecule has 0 N–H and O–H groups in total. The molecular weight excluding hydrogens is 274 g/mol. The topological polar surface area (TPSA) is 30.8 Å². The quantitative estimate of drug-likeness (QED) is 0.841. The lowest BCUT2D eigenvalue weighted by Crippen LogP contribution is -2.02. The molecule has 1 aliphatic rings. The van der Waals surface area contributed by atoms with Gasteiger partial charge in [-0.2, -0.15) is 0 Å². The fourth-order valence-electron chi connectivity index (χ4n) is 2.62. The van der Waals surface area contributed by atoms with Crippen LogP contribution in [0.3, 0.4) is 0 Å². The van der Waals surface area contributed by atoms with E-state index < -0.39 is 0 Å². The SMILES string of the molecule is COc1ccc(C2=CC=NC(c3ccc(OC)cc3)C2)cc1. The molecule has 0 fully saturated rings. The van der Waals surface area contributed by atoms with Crippen LogP contribution in [-0.4, -0.2) is 20.4 Å². The molecule has 3 heteroatoms. The summed E-state index contributed by atoms with van der Waals surface area (Å²) in [6, 6.07) is 16.5. The Hall–Kier alpha value is -2.55. The molecule has 1 unspecified atom stereocenters. The molecule has 3 rings (SSSR count). The smallest absolute Gasteiger partial charge is 0.118 e. The van der Waals surface area contributed by atoms with Crippen molar-refractivity contribution in [2.24, 2.45) is 4.99 Å². The van der Waals surface area contributed by atoms with Crippen molar-refractivity contribution in [1.29, 1.82) is 0 Å². The predicted molar refractivity (Wildman–Crippen MR) is 89.8 cm³/mol. The number of methoxy groups -OCH3 is 2. The Bertz CT molecular complexity index is 684. The maximum atomic E-state index is 5.21. The lowest BCUT2D eigenvalue weighted by Gasteiger charge is -2.19. The van der Waals surface area contributed by atoms with Gasteiger partial charge in [-0.05, 0) is 53.5 Å². The van der Waals surface area contributed by atoms with Crippen molar-refractivity contribution < 1.29 is 9.47 Å². The van der Waals surface area contributed by atoms with Crippen molar-refractivity contribution in [3.05, 3.63) is 65.7 Å². The zero-order chi connectivity index (χ0) is 15.4. The van der Waals surface area contributed by atoms with Crippen LogP contribution in [0.1, 0.15) is 23.6 Å². The maximum absolute atomic E-state index is 5.21. The fraction of sp³-hybridized carbons (Fsp3) is 0.211. The van der Waals surface area contributed by atoms with Crippen LogP contribution in [0.4, 0.5) is 0 Å². The number of nitrogens with zero attached hydrogens (tertiary/aromatic N) is 1. The van der Waals surface area contributed by atoms with Gasteiger partial charge in [0.25, 0.3) is 0 Å². The van der Waals surface area contributed by atoms with Crippen molar-refractivity contribution >= 4 is 11.8 Å². The molecule has 0 saturated carbocycles. The normalized spacial score (nSPS) is 17.0. The Morgan fingerprint density at radius 1 is 0.864 bits per heavy atom. The molecule has 0 aliphatic carbocycles. The number of dihydropyridines is 1. The third kappa shape index (κ3) is 3.03. The molecule has 0 amide bonds. The number of ether oxygens (including phenoxy) is 2. The van der Waals surface area contributed by atoms with E-state index in [0.29, 0.717) is 0 Å². The van der Waals surface area contributed by atoms with E-state index in [2.05, 4.69) is 35.3 Å². The summed E-state index contributed by atoms with van der Waals surface area (Å²) >= 11 is 0. The highest BCUT2D eigenvalue weighted by molar-refractivity contribution is 5.86. The largest absolute Gasteiger partial charge is 0.497 e. The highest BCUT2D eigenvalue weighted by Crippen LogP contribution is 2.33. The Morgan fingerprint density at radius 2 is 1.45 bits per heavy atom. The first-order valence-corrected chi connectivity index (χ1v) is 7.31. The van der Waals surface area contributed by atoms with Gasteiger partial charge in [0.05, 0.1) is 20.3 Å². The van der Waals surface area contributed by atoms with Crippen LogP contribution in [0.15, 0.2) is 59.6 Å². The van der Waals surface area contributed by atoms with Crippen molar-refractivity contribution in [1.82, 2.24) is 0 Å². The minimum atomic E-state index is 0.160. The van der Waals surface area contributed by atoms with Crippen LogP contribution >= 0.6 is 0 Å². The van der Waals surface area contributed by atoms with Gasteiger partial charge in [-0.3, -0.25) is 4.99 Å². The van der Waals surface area contributed by atoms with E-state index in [9.17, 15) is 0 Å². The van der Waals surface area contributed by atoms with Crippen LogP contribution < -0.4 is 9.47 Å². The van der Waals surface area contributed by atoms with E-state index in [0.717, 1.165) is 17.9 Å². The van der Waals surface area contributed by atoms with Gasteiger partial charge in [0, 0.05) is 6.21 Å². The monoisotopic (exact) mass is 293 g/mol. The molecule has 112 valence electrons. The van der Waals surface area contributed by atoms with Gasteiger partial charge in [0.15, 0.2) is 0 Å². The van der Waals surface area contributed by atoms with Crippen LogP contribution in [0.5, 0.6) is 11.5 Å². The van der Waals surface area contributed by atoms with Crippen LogP contribution in [0.2, 0.25) is 0 Å². The maximum Gasteiger partial charge on any atom is 0.118 e. The molecule has 0 bridgehead atoms. The second kappa shape index (κ2) is 6.48. The van der Waals surface area contributed by atoms with E-state index in [4.69, 9.17) is 9.47 Å². The van der Waals surface area contributed by atoms with Gasteiger partial charge in [0.1, 0.15) is 11.5 Å². The first-order valence-electron chi connectivity index (χ1n) is 7.31. The number of aliphatic imine (C=N–C) groups is 1. The fourth-order valence-corrected chi connectivity index (χ4v) is 2.62. The van der Waals surface area contributed by atoms with Crippen molar-refractivity contribution in [3.8, 4) is 11.5 Å². The lowest BCUT2D eigenvalue weighted by molar-refractivity contribution is 0.414. The zero-order valence-corrected chi connectivity index (χ0v) is 12.8. The summed E-state index contributed by atoms with van der Waals surface area (Å²) < 4.78 is 10.4. The first-order chi connectivity index (χ1) is 10.8. The molecule has 0 saturated heterocycles. The lowest BCUT2D eigenvalue weighted by atomic mass is 9.93. The third-order valence-corrected chi connectivity index (χ3v) is 3.92. The number of benzene rings is 2. The summed E-state index contributed by atoms with van der Waals surface area (Å²) in [5.41, 5.74) is 3.71. The average molecular weight is 293 g/mol. The van der Waals surface area contributed by atoms with E-state index in [1.165, 1.54) is 16.7 Å². The summed E-state index contributed by atoms with van der Waals surface area (Å²) in [6.07, 6.45) is 4.88. The van der Waals surface area contributed by atoms with Crippen molar-refractivity contribution in [2.75, 3.05) is 14.2 Å². The van der Waals surface area contributed by atoms with E-state index in [1.54, 1.807) is 14.2 Å². The highest BCUT2D eigenvalue weighted by Gasteiger charge is 2.16. The minimum Gasteiger partial charge on any atom is -0.497 e. The number of allylic oxidation sites excluding steroid dienone is 1. The van der Waals surface area contributed by atoms with Crippen molar-refractivity contribution in [2.45, 2.75) is 12.5 Å². The van der Waals surface area contributed by atoms with Gasteiger partial charge in [-0.15, -0.1) is 0 Å². The average Bonchev–Trinajstić information content (AvgIpc) is 2.62.